The van der Waals surface area contributed by atoms with Crippen molar-refractivity contribution in [2.24, 2.45) is 0 Å². The van der Waals surface area contributed by atoms with Crippen LogP contribution in [0.25, 0.3) is 6.08 Å². The molecule has 0 unspecified atom stereocenters. The number of carboxylic acids is 1. The molecule has 2 aromatic carbocycles. The van der Waals surface area contributed by atoms with Crippen LogP contribution in [0.1, 0.15) is 21.5 Å². The van der Waals surface area contributed by atoms with Crippen molar-refractivity contribution in [1.82, 2.24) is 0 Å². The molecule has 0 aliphatic heterocycles. The van der Waals surface area contributed by atoms with Gasteiger partial charge < -0.3 is 19.3 Å². The minimum atomic E-state index is -1.00. The average Bonchev–Trinajstić information content (AvgIpc) is 2.70. The number of hydrogen-bond acceptors (Lipinski definition) is 6. The van der Waals surface area contributed by atoms with Crippen molar-refractivity contribution in [3.05, 3.63) is 70.8 Å². The van der Waals surface area contributed by atoms with Gasteiger partial charge in [-0.2, -0.15) is 0 Å². The Morgan fingerprint density at radius 1 is 0.926 bits per heavy atom. The predicted molar refractivity (Wildman–Crippen MR) is 96.2 cm³/mol. The molecule has 2 rings (SSSR count). The number of carbonyl (C=O) groups is 3. The fraction of sp³-hybridized carbons (Fsp3) is 0.150. The number of esters is 2. The summed E-state index contributed by atoms with van der Waals surface area (Å²) in [5.74, 6) is -2.21. The topological polar surface area (TPSA) is 99.1 Å². The smallest absolute Gasteiger partial charge is 0.345 e. The second kappa shape index (κ2) is 9.19. The lowest BCUT2D eigenvalue weighted by atomic mass is 10.1. The quantitative estimate of drug-likeness (QED) is 0.346. The Bertz CT molecular complexity index is 848. The van der Waals surface area contributed by atoms with Gasteiger partial charge in [0.05, 0.1) is 19.8 Å². The van der Waals surface area contributed by atoms with Crippen molar-refractivity contribution in [1.29, 1.82) is 0 Å². The number of aromatic carboxylic acids is 1. The fourth-order valence-electron chi connectivity index (χ4n) is 2.21. The first-order valence-electron chi connectivity index (χ1n) is 7.88. The number of benzene rings is 2. The zero-order valence-corrected chi connectivity index (χ0v) is 14.8. The van der Waals surface area contributed by atoms with E-state index in [1.807, 2.05) is 0 Å². The number of rotatable bonds is 7. The van der Waals surface area contributed by atoms with E-state index in [2.05, 4.69) is 9.47 Å². The summed E-state index contributed by atoms with van der Waals surface area (Å²) < 4.78 is 15.0. The molecule has 0 saturated heterocycles. The van der Waals surface area contributed by atoms with Crippen LogP contribution in [-0.2, 0) is 25.7 Å². The van der Waals surface area contributed by atoms with Crippen LogP contribution in [-0.4, -0.2) is 37.2 Å². The average molecular weight is 370 g/mol. The van der Waals surface area contributed by atoms with Gasteiger partial charge in [-0.3, -0.25) is 0 Å². The summed E-state index contributed by atoms with van der Waals surface area (Å²) >= 11 is 0. The predicted octanol–water partition coefficient (Wildman–Crippen LogP) is 2.69. The third-order valence-corrected chi connectivity index (χ3v) is 3.62. The molecule has 140 valence electrons. The lowest BCUT2D eigenvalue weighted by Crippen LogP contribution is -2.15. The Balaban J connectivity index is 2.24. The molecule has 0 heterocycles. The van der Waals surface area contributed by atoms with Crippen molar-refractivity contribution < 1.29 is 33.7 Å². The number of hydrogen-bond donors (Lipinski definition) is 1. The van der Waals surface area contributed by atoms with E-state index in [9.17, 15) is 14.4 Å². The molecule has 0 atom stereocenters. The molecular formula is C20H18O7. The molecule has 0 radical (unpaired) electrons. The van der Waals surface area contributed by atoms with Crippen LogP contribution in [0.15, 0.2) is 54.1 Å². The van der Waals surface area contributed by atoms with Crippen molar-refractivity contribution >= 4 is 24.0 Å². The Morgan fingerprint density at radius 3 is 2.07 bits per heavy atom. The summed E-state index contributed by atoms with van der Waals surface area (Å²) in [6.07, 6.45) is 1.33. The number of para-hydroxylation sites is 1. The van der Waals surface area contributed by atoms with Crippen LogP contribution in [0.5, 0.6) is 5.75 Å². The molecule has 0 spiro atoms. The number of ether oxygens (including phenoxy) is 3. The summed E-state index contributed by atoms with van der Waals surface area (Å²) in [7, 11) is 2.34. The lowest BCUT2D eigenvalue weighted by Gasteiger charge is -2.10. The first kappa shape index (κ1) is 19.7. The molecule has 0 fully saturated rings. The zero-order chi connectivity index (χ0) is 19.8. The van der Waals surface area contributed by atoms with Crippen LogP contribution in [0.3, 0.4) is 0 Å². The first-order chi connectivity index (χ1) is 13.0. The molecular weight excluding hydrogens is 352 g/mol. The number of carboxylic acid groups (broad SMARTS) is 1. The minimum Gasteiger partial charge on any atom is -0.488 e. The highest BCUT2D eigenvalue weighted by Gasteiger charge is 2.20. The Morgan fingerprint density at radius 2 is 1.52 bits per heavy atom. The van der Waals surface area contributed by atoms with Gasteiger partial charge in [-0.05, 0) is 29.8 Å². The molecule has 1 N–H and O–H groups in total. The molecule has 0 aliphatic rings. The van der Waals surface area contributed by atoms with E-state index in [0.717, 1.165) is 5.56 Å². The van der Waals surface area contributed by atoms with Crippen LogP contribution in [0.4, 0.5) is 0 Å². The third-order valence-electron chi connectivity index (χ3n) is 3.62. The van der Waals surface area contributed by atoms with Crippen LogP contribution in [0.2, 0.25) is 0 Å². The molecule has 7 heteroatoms. The van der Waals surface area contributed by atoms with Gasteiger partial charge in [-0.25, -0.2) is 14.4 Å². The van der Waals surface area contributed by atoms with Crippen LogP contribution >= 0.6 is 0 Å². The summed E-state index contributed by atoms with van der Waals surface area (Å²) in [6, 6.07) is 13.1. The number of carbonyl (C=O) groups excluding carboxylic acids is 2. The van der Waals surface area contributed by atoms with Gasteiger partial charge in [0.1, 0.15) is 17.9 Å². The van der Waals surface area contributed by atoms with E-state index < -0.39 is 17.9 Å². The van der Waals surface area contributed by atoms with Gasteiger partial charge in [-0.1, -0.05) is 30.3 Å². The summed E-state index contributed by atoms with van der Waals surface area (Å²) in [5, 5.41) is 8.92. The van der Waals surface area contributed by atoms with E-state index in [4.69, 9.17) is 9.84 Å². The van der Waals surface area contributed by atoms with Gasteiger partial charge in [0.2, 0.25) is 0 Å². The third kappa shape index (κ3) is 5.18. The van der Waals surface area contributed by atoms with E-state index in [-0.39, 0.29) is 17.7 Å². The van der Waals surface area contributed by atoms with E-state index in [0.29, 0.717) is 11.3 Å². The Labute approximate surface area is 155 Å². The molecule has 0 aliphatic carbocycles. The highest BCUT2D eigenvalue weighted by molar-refractivity contribution is 6.17. The molecule has 0 amide bonds. The first-order valence-corrected chi connectivity index (χ1v) is 7.88. The molecule has 7 nitrogen and oxygen atoms in total. The lowest BCUT2D eigenvalue weighted by molar-refractivity contribution is -0.143. The summed E-state index contributed by atoms with van der Waals surface area (Å²) in [5.41, 5.74) is 1.18. The van der Waals surface area contributed by atoms with Crippen LogP contribution < -0.4 is 4.74 Å². The SMILES string of the molecule is COC(=O)C(=Cc1ccccc1OCc1ccc(C(=O)O)cc1)C(=O)OC. The van der Waals surface area contributed by atoms with Crippen LogP contribution in [0, 0.1) is 0 Å². The van der Waals surface area contributed by atoms with E-state index in [1.54, 1.807) is 36.4 Å². The van der Waals surface area contributed by atoms with Gasteiger partial charge in [0.25, 0.3) is 0 Å². The molecule has 27 heavy (non-hydrogen) atoms. The molecule has 0 aromatic heterocycles. The highest BCUT2D eigenvalue weighted by atomic mass is 16.5. The van der Waals surface area contributed by atoms with Gasteiger partial charge in [0, 0.05) is 5.56 Å². The zero-order valence-electron chi connectivity index (χ0n) is 14.8. The minimum absolute atomic E-state index is 0.177. The maximum Gasteiger partial charge on any atom is 0.345 e. The fourth-order valence-corrected chi connectivity index (χ4v) is 2.21. The van der Waals surface area contributed by atoms with Crippen molar-refractivity contribution in [3.8, 4) is 5.75 Å². The van der Waals surface area contributed by atoms with Gasteiger partial charge in [0.15, 0.2) is 0 Å². The molecule has 2 aromatic rings. The van der Waals surface area contributed by atoms with E-state index in [1.165, 1.54) is 32.4 Å². The largest absolute Gasteiger partial charge is 0.488 e. The normalized spacial score (nSPS) is 9.85. The van der Waals surface area contributed by atoms with Gasteiger partial charge >= 0.3 is 17.9 Å². The van der Waals surface area contributed by atoms with Gasteiger partial charge in [-0.15, -0.1) is 0 Å². The van der Waals surface area contributed by atoms with Crippen molar-refractivity contribution in [2.45, 2.75) is 6.61 Å². The number of methoxy groups -OCH3 is 2. The monoisotopic (exact) mass is 370 g/mol. The van der Waals surface area contributed by atoms with Crippen molar-refractivity contribution in [3.63, 3.8) is 0 Å². The Kier molecular flexibility index (Phi) is 6.71. The maximum absolute atomic E-state index is 11.8. The second-order valence-corrected chi connectivity index (χ2v) is 5.37. The summed E-state index contributed by atoms with van der Waals surface area (Å²) in [4.78, 5) is 34.5. The second-order valence-electron chi connectivity index (χ2n) is 5.37. The highest BCUT2D eigenvalue weighted by Crippen LogP contribution is 2.23. The molecule has 0 bridgehead atoms. The van der Waals surface area contributed by atoms with Crippen molar-refractivity contribution in [2.75, 3.05) is 14.2 Å². The molecule has 0 saturated carbocycles. The summed E-state index contributed by atoms with van der Waals surface area (Å²) in [6.45, 7) is 0.177. The van der Waals surface area contributed by atoms with E-state index >= 15 is 0 Å². The standard InChI is InChI=1S/C20H18O7/c1-25-19(23)16(20(24)26-2)11-15-5-3-4-6-17(15)27-12-13-7-9-14(10-8-13)18(21)22/h3-11H,12H2,1-2H3,(H,21,22). The maximum atomic E-state index is 11.8. The Hall–Kier alpha value is -3.61.